The van der Waals surface area contributed by atoms with E-state index < -0.39 is 18.0 Å². The van der Waals surface area contributed by atoms with Crippen LogP contribution in [0.25, 0.3) is 0 Å². The number of hydrogen-bond acceptors (Lipinski definition) is 4. The van der Waals surface area contributed by atoms with Gasteiger partial charge in [0.2, 0.25) is 0 Å². The average Bonchev–Trinajstić information content (AvgIpc) is 2.98. The molecule has 2 saturated carbocycles. The fraction of sp³-hybridized carbons (Fsp3) is 0.733. The van der Waals surface area contributed by atoms with Crippen LogP contribution in [0.4, 0.5) is 0 Å². The number of allylic oxidation sites excluding steroid dienone is 2. The third-order valence-electron chi connectivity index (χ3n) is 4.88. The Morgan fingerprint density at radius 1 is 1.26 bits per heavy atom. The van der Waals surface area contributed by atoms with E-state index in [1.165, 1.54) is 13.3 Å². The lowest BCUT2D eigenvalue weighted by Crippen LogP contribution is -2.35. The summed E-state index contributed by atoms with van der Waals surface area (Å²) < 4.78 is 10.4. The Hall–Kier alpha value is -1.32. The number of rotatable bonds is 3. The Balaban J connectivity index is 1.58. The Kier molecular flexibility index (Phi) is 3.11. The molecule has 0 N–H and O–H groups in total. The molecular formula is C15H20O4. The minimum absolute atomic E-state index is 0.0247. The Labute approximate surface area is 113 Å². The predicted octanol–water partition coefficient (Wildman–Crippen LogP) is 2.08. The maximum atomic E-state index is 11.9. The zero-order chi connectivity index (χ0) is 13.6. The standard InChI is InChI=1S/C15H20O4/c1-8(18-9(2)16)15(17)19-14-7-10-6-13(14)12-5-3-4-11(10)12/h3-4,8,10-14H,5-7H2,1-2H3/t8-,10+,11-,12+,13-,14-/m1/s1. The van der Waals surface area contributed by atoms with Crippen molar-refractivity contribution in [2.24, 2.45) is 23.7 Å². The van der Waals surface area contributed by atoms with E-state index in [0.717, 1.165) is 12.8 Å². The van der Waals surface area contributed by atoms with Gasteiger partial charge >= 0.3 is 11.9 Å². The van der Waals surface area contributed by atoms with Gasteiger partial charge in [-0.3, -0.25) is 4.79 Å². The monoisotopic (exact) mass is 264 g/mol. The minimum atomic E-state index is -0.797. The third-order valence-corrected chi connectivity index (χ3v) is 4.88. The van der Waals surface area contributed by atoms with Gasteiger partial charge in [-0.2, -0.15) is 0 Å². The molecule has 4 nitrogen and oxygen atoms in total. The van der Waals surface area contributed by atoms with Gasteiger partial charge in [-0.15, -0.1) is 0 Å². The van der Waals surface area contributed by atoms with Crippen molar-refractivity contribution < 1.29 is 19.1 Å². The number of carbonyl (C=O) groups excluding carboxylic acids is 2. The first-order chi connectivity index (χ1) is 9.06. The van der Waals surface area contributed by atoms with Gasteiger partial charge in [0.1, 0.15) is 6.10 Å². The van der Waals surface area contributed by atoms with E-state index in [1.807, 2.05) is 0 Å². The summed E-state index contributed by atoms with van der Waals surface area (Å²) in [6.07, 6.45) is 7.11. The molecule has 3 aliphatic rings. The average molecular weight is 264 g/mol. The van der Waals surface area contributed by atoms with Crippen molar-refractivity contribution in [3.8, 4) is 0 Å². The second kappa shape index (κ2) is 4.66. The van der Waals surface area contributed by atoms with Gasteiger partial charge in [0.25, 0.3) is 0 Å². The quantitative estimate of drug-likeness (QED) is 0.578. The van der Waals surface area contributed by atoms with Crippen molar-refractivity contribution in [2.75, 3.05) is 0 Å². The molecule has 0 amide bonds. The molecule has 0 spiro atoms. The molecule has 19 heavy (non-hydrogen) atoms. The molecule has 3 rings (SSSR count). The van der Waals surface area contributed by atoms with E-state index in [1.54, 1.807) is 6.92 Å². The summed E-state index contributed by atoms with van der Waals surface area (Å²) in [7, 11) is 0. The topological polar surface area (TPSA) is 52.6 Å². The number of fused-ring (bicyclic) bond motifs is 5. The van der Waals surface area contributed by atoms with E-state index >= 15 is 0 Å². The highest BCUT2D eigenvalue weighted by molar-refractivity contribution is 5.78. The molecule has 0 aliphatic heterocycles. The Morgan fingerprint density at radius 3 is 2.79 bits per heavy atom. The first-order valence-corrected chi connectivity index (χ1v) is 7.10. The van der Waals surface area contributed by atoms with Gasteiger partial charge in [-0.25, -0.2) is 4.79 Å². The van der Waals surface area contributed by atoms with Crippen LogP contribution in [-0.4, -0.2) is 24.1 Å². The van der Waals surface area contributed by atoms with Crippen LogP contribution in [-0.2, 0) is 19.1 Å². The van der Waals surface area contributed by atoms with E-state index in [9.17, 15) is 9.59 Å². The lowest BCUT2D eigenvalue weighted by atomic mass is 9.80. The van der Waals surface area contributed by atoms with Crippen LogP contribution in [0.15, 0.2) is 12.2 Å². The molecule has 4 heteroatoms. The predicted molar refractivity (Wildman–Crippen MR) is 68.1 cm³/mol. The van der Waals surface area contributed by atoms with Crippen LogP contribution < -0.4 is 0 Å². The first kappa shape index (κ1) is 12.7. The van der Waals surface area contributed by atoms with Gasteiger partial charge in [-0.05, 0) is 49.9 Å². The van der Waals surface area contributed by atoms with E-state index in [4.69, 9.17) is 9.47 Å². The fourth-order valence-corrected chi connectivity index (χ4v) is 4.17. The first-order valence-electron chi connectivity index (χ1n) is 7.10. The summed E-state index contributed by atoms with van der Waals surface area (Å²) >= 11 is 0. The van der Waals surface area contributed by atoms with Gasteiger partial charge in [0.05, 0.1) is 0 Å². The molecule has 0 aromatic carbocycles. The molecule has 0 aromatic heterocycles. The van der Waals surface area contributed by atoms with Gasteiger partial charge in [0.15, 0.2) is 6.10 Å². The summed E-state index contributed by atoms with van der Waals surface area (Å²) in [5.74, 6) is 1.70. The molecule has 0 aromatic rings. The largest absolute Gasteiger partial charge is 0.459 e. The van der Waals surface area contributed by atoms with Crippen LogP contribution in [0, 0.1) is 23.7 Å². The molecule has 0 radical (unpaired) electrons. The molecule has 6 atom stereocenters. The zero-order valence-electron chi connectivity index (χ0n) is 11.4. The molecule has 2 fully saturated rings. The second-order valence-corrected chi connectivity index (χ2v) is 6.03. The molecular weight excluding hydrogens is 244 g/mol. The van der Waals surface area contributed by atoms with Crippen LogP contribution in [0.2, 0.25) is 0 Å². The van der Waals surface area contributed by atoms with Crippen LogP contribution in [0.1, 0.15) is 33.1 Å². The second-order valence-electron chi connectivity index (χ2n) is 6.03. The van der Waals surface area contributed by atoms with Gasteiger partial charge in [-0.1, -0.05) is 12.2 Å². The Morgan fingerprint density at radius 2 is 2.05 bits per heavy atom. The maximum absolute atomic E-state index is 11.9. The van der Waals surface area contributed by atoms with Crippen molar-refractivity contribution in [1.29, 1.82) is 0 Å². The normalized spacial score (nSPS) is 40.0. The van der Waals surface area contributed by atoms with Crippen molar-refractivity contribution in [3.63, 3.8) is 0 Å². The van der Waals surface area contributed by atoms with Gasteiger partial charge in [0, 0.05) is 6.92 Å². The van der Waals surface area contributed by atoms with Crippen LogP contribution >= 0.6 is 0 Å². The number of hydrogen-bond donors (Lipinski definition) is 0. The smallest absolute Gasteiger partial charge is 0.347 e. The van der Waals surface area contributed by atoms with Crippen molar-refractivity contribution in [2.45, 2.75) is 45.3 Å². The Bertz CT molecular complexity index is 428. The van der Waals surface area contributed by atoms with Crippen molar-refractivity contribution in [1.82, 2.24) is 0 Å². The summed E-state index contributed by atoms with van der Waals surface area (Å²) in [6, 6.07) is 0. The van der Waals surface area contributed by atoms with Crippen LogP contribution in [0.3, 0.4) is 0 Å². The lowest BCUT2D eigenvalue weighted by molar-refractivity contribution is -0.171. The van der Waals surface area contributed by atoms with Crippen LogP contribution in [0.5, 0.6) is 0 Å². The number of ether oxygens (including phenoxy) is 2. The molecule has 3 aliphatic carbocycles. The highest BCUT2D eigenvalue weighted by Crippen LogP contribution is 2.57. The highest BCUT2D eigenvalue weighted by atomic mass is 16.6. The summed E-state index contributed by atoms with van der Waals surface area (Å²) in [5, 5.41) is 0. The molecule has 0 unspecified atom stereocenters. The van der Waals surface area contributed by atoms with Gasteiger partial charge < -0.3 is 9.47 Å². The lowest BCUT2D eigenvalue weighted by Gasteiger charge is -2.31. The van der Waals surface area contributed by atoms with E-state index in [0.29, 0.717) is 23.7 Å². The molecule has 0 heterocycles. The molecule has 2 bridgehead atoms. The highest BCUT2D eigenvalue weighted by Gasteiger charge is 2.54. The fourth-order valence-electron chi connectivity index (χ4n) is 4.17. The zero-order valence-corrected chi connectivity index (χ0v) is 11.4. The number of esters is 2. The van der Waals surface area contributed by atoms with Crippen molar-refractivity contribution in [3.05, 3.63) is 12.2 Å². The SMILES string of the molecule is CC(=O)O[C@H](C)C(=O)O[C@@H]1C[C@@H]2C[C@@H]1[C@H]1CC=C[C@H]21. The summed E-state index contributed by atoms with van der Waals surface area (Å²) in [4.78, 5) is 22.7. The molecule has 0 saturated heterocycles. The van der Waals surface area contributed by atoms with E-state index in [2.05, 4.69) is 12.2 Å². The number of carbonyl (C=O) groups is 2. The third kappa shape index (κ3) is 2.17. The minimum Gasteiger partial charge on any atom is -0.459 e. The van der Waals surface area contributed by atoms with Crippen molar-refractivity contribution >= 4 is 11.9 Å². The maximum Gasteiger partial charge on any atom is 0.347 e. The summed E-state index contributed by atoms with van der Waals surface area (Å²) in [5.41, 5.74) is 0. The summed E-state index contributed by atoms with van der Waals surface area (Å²) in [6.45, 7) is 2.87. The van der Waals surface area contributed by atoms with E-state index in [-0.39, 0.29) is 6.10 Å². The molecule has 104 valence electrons.